The minimum atomic E-state index is 0.506. The molecule has 1 saturated carbocycles. The summed E-state index contributed by atoms with van der Waals surface area (Å²) in [7, 11) is 6.47. The van der Waals surface area contributed by atoms with Gasteiger partial charge in [-0.15, -0.1) is 0 Å². The molecule has 15 heavy (non-hydrogen) atoms. The molecule has 0 aliphatic heterocycles. The molecular formula is C12H27N3. The lowest BCUT2D eigenvalue weighted by molar-refractivity contribution is 0.110. The maximum Gasteiger partial charge on any atom is 0.0106 e. The van der Waals surface area contributed by atoms with Crippen molar-refractivity contribution in [3.8, 4) is 0 Å². The molecule has 0 radical (unpaired) electrons. The second-order valence-corrected chi connectivity index (χ2v) is 5.41. The SMILES string of the molecule is CN(C)CCN(C)CCC1(CN)CCC1. The lowest BCUT2D eigenvalue weighted by Crippen LogP contribution is -2.40. The van der Waals surface area contributed by atoms with Gasteiger partial charge in [0, 0.05) is 13.1 Å². The zero-order valence-electron chi connectivity index (χ0n) is 10.6. The Balaban J connectivity index is 2.12. The van der Waals surface area contributed by atoms with E-state index in [9.17, 15) is 0 Å². The number of likely N-dealkylation sites (N-methyl/N-ethyl adjacent to an activating group) is 2. The molecule has 3 heteroatoms. The van der Waals surface area contributed by atoms with Gasteiger partial charge in [0.25, 0.3) is 0 Å². The molecule has 3 nitrogen and oxygen atoms in total. The van der Waals surface area contributed by atoms with Gasteiger partial charge in [-0.2, -0.15) is 0 Å². The molecule has 0 saturated heterocycles. The standard InChI is InChI=1S/C12H27N3/c1-14(2)9-10-15(3)8-7-12(11-13)5-4-6-12/h4-11,13H2,1-3H3. The van der Waals surface area contributed by atoms with Crippen molar-refractivity contribution in [2.75, 3.05) is 47.3 Å². The number of hydrogen-bond donors (Lipinski definition) is 1. The number of rotatable bonds is 7. The molecule has 0 unspecified atom stereocenters. The minimum Gasteiger partial charge on any atom is -0.330 e. The fourth-order valence-corrected chi connectivity index (χ4v) is 2.14. The first-order valence-corrected chi connectivity index (χ1v) is 6.11. The van der Waals surface area contributed by atoms with Gasteiger partial charge >= 0.3 is 0 Å². The number of nitrogens with two attached hydrogens (primary N) is 1. The van der Waals surface area contributed by atoms with Crippen LogP contribution in [-0.4, -0.2) is 57.1 Å². The first-order valence-electron chi connectivity index (χ1n) is 6.11. The first-order chi connectivity index (χ1) is 7.08. The van der Waals surface area contributed by atoms with Crippen molar-refractivity contribution in [2.45, 2.75) is 25.7 Å². The van der Waals surface area contributed by atoms with Gasteiger partial charge in [0.05, 0.1) is 0 Å². The maximum absolute atomic E-state index is 5.85. The fraction of sp³-hybridized carbons (Fsp3) is 1.00. The Labute approximate surface area is 94.6 Å². The van der Waals surface area contributed by atoms with Gasteiger partial charge in [-0.1, -0.05) is 6.42 Å². The molecule has 0 aromatic rings. The summed E-state index contributed by atoms with van der Waals surface area (Å²) < 4.78 is 0. The van der Waals surface area contributed by atoms with E-state index in [0.717, 1.165) is 19.6 Å². The Hall–Kier alpha value is -0.120. The van der Waals surface area contributed by atoms with Gasteiger partial charge in [-0.25, -0.2) is 0 Å². The number of hydrogen-bond acceptors (Lipinski definition) is 3. The van der Waals surface area contributed by atoms with Crippen molar-refractivity contribution < 1.29 is 0 Å². The fourth-order valence-electron chi connectivity index (χ4n) is 2.14. The second-order valence-electron chi connectivity index (χ2n) is 5.41. The van der Waals surface area contributed by atoms with E-state index < -0.39 is 0 Å². The van der Waals surface area contributed by atoms with Crippen LogP contribution in [0.4, 0.5) is 0 Å². The molecule has 2 N–H and O–H groups in total. The van der Waals surface area contributed by atoms with E-state index in [4.69, 9.17) is 5.73 Å². The Morgan fingerprint density at radius 3 is 2.13 bits per heavy atom. The summed E-state index contributed by atoms with van der Waals surface area (Å²) >= 11 is 0. The van der Waals surface area contributed by atoms with E-state index in [-0.39, 0.29) is 0 Å². The van der Waals surface area contributed by atoms with Crippen LogP contribution < -0.4 is 5.73 Å². The Bertz CT molecular complexity index is 170. The summed E-state index contributed by atoms with van der Waals surface area (Å²) in [4.78, 5) is 4.66. The first kappa shape index (κ1) is 12.9. The molecule has 0 aromatic carbocycles. The smallest absolute Gasteiger partial charge is 0.0106 e. The van der Waals surface area contributed by atoms with Crippen molar-refractivity contribution >= 4 is 0 Å². The zero-order valence-corrected chi connectivity index (χ0v) is 10.6. The Morgan fingerprint density at radius 2 is 1.73 bits per heavy atom. The predicted molar refractivity (Wildman–Crippen MR) is 66.0 cm³/mol. The highest BCUT2D eigenvalue weighted by atomic mass is 15.1. The normalized spacial score (nSPS) is 19.6. The van der Waals surface area contributed by atoms with Crippen molar-refractivity contribution in [1.82, 2.24) is 9.80 Å². The van der Waals surface area contributed by atoms with Crippen molar-refractivity contribution in [1.29, 1.82) is 0 Å². The average molecular weight is 213 g/mol. The van der Waals surface area contributed by atoms with E-state index in [1.54, 1.807) is 0 Å². The summed E-state index contributed by atoms with van der Waals surface area (Å²) in [5.74, 6) is 0. The van der Waals surface area contributed by atoms with E-state index in [2.05, 4.69) is 30.9 Å². The molecule has 90 valence electrons. The van der Waals surface area contributed by atoms with E-state index in [1.165, 1.54) is 32.2 Å². The molecule has 0 heterocycles. The van der Waals surface area contributed by atoms with Crippen LogP contribution in [0.1, 0.15) is 25.7 Å². The third-order valence-electron chi connectivity index (χ3n) is 3.80. The summed E-state index contributed by atoms with van der Waals surface area (Å²) in [5.41, 5.74) is 6.36. The van der Waals surface area contributed by atoms with Crippen LogP contribution in [0.15, 0.2) is 0 Å². The molecule has 1 aliphatic rings. The molecule has 0 spiro atoms. The third-order valence-corrected chi connectivity index (χ3v) is 3.80. The molecule has 0 amide bonds. The van der Waals surface area contributed by atoms with Crippen LogP contribution in [0.25, 0.3) is 0 Å². The maximum atomic E-state index is 5.85. The molecule has 1 rings (SSSR count). The predicted octanol–water partition coefficient (Wildman–Crippen LogP) is 0.999. The van der Waals surface area contributed by atoms with Crippen LogP contribution >= 0.6 is 0 Å². The monoisotopic (exact) mass is 213 g/mol. The highest BCUT2D eigenvalue weighted by Crippen LogP contribution is 2.42. The average Bonchev–Trinajstić information content (AvgIpc) is 2.14. The molecule has 0 aromatic heterocycles. The van der Waals surface area contributed by atoms with Crippen LogP contribution in [0.5, 0.6) is 0 Å². The molecule has 0 atom stereocenters. The van der Waals surface area contributed by atoms with Crippen LogP contribution in [-0.2, 0) is 0 Å². The Morgan fingerprint density at radius 1 is 1.07 bits per heavy atom. The van der Waals surface area contributed by atoms with Crippen molar-refractivity contribution in [3.05, 3.63) is 0 Å². The minimum absolute atomic E-state index is 0.506. The van der Waals surface area contributed by atoms with Gasteiger partial charge < -0.3 is 15.5 Å². The van der Waals surface area contributed by atoms with Gasteiger partial charge in [0.15, 0.2) is 0 Å². The summed E-state index contributed by atoms with van der Waals surface area (Å²) in [6.45, 7) is 4.39. The van der Waals surface area contributed by atoms with E-state index in [1.807, 2.05) is 0 Å². The molecular weight excluding hydrogens is 186 g/mol. The quantitative estimate of drug-likeness (QED) is 0.685. The van der Waals surface area contributed by atoms with Crippen LogP contribution in [0, 0.1) is 5.41 Å². The second kappa shape index (κ2) is 5.83. The highest BCUT2D eigenvalue weighted by molar-refractivity contribution is 4.88. The summed E-state index contributed by atoms with van der Waals surface area (Å²) in [6.07, 6.45) is 5.38. The number of nitrogens with zero attached hydrogens (tertiary/aromatic N) is 2. The largest absolute Gasteiger partial charge is 0.330 e. The Kier molecular flexibility index (Phi) is 5.03. The van der Waals surface area contributed by atoms with Gasteiger partial charge in [-0.05, 0) is 58.9 Å². The molecule has 1 aliphatic carbocycles. The highest BCUT2D eigenvalue weighted by Gasteiger charge is 2.34. The van der Waals surface area contributed by atoms with Crippen molar-refractivity contribution in [2.24, 2.45) is 11.1 Å². The third kappa shape index (κ3) is 4.09. The van der Waals surface area contributed by atoms with Crippen LogP contribution in [0.3, 0.4) is 0 Å². The topological polar surface area (TPSA) is 32.5 Å². The van der Waals surface area contributed by atoms with E-state index >= 15 is 0 Å². The lowest BCUT2D eigenvalue weighted by atomic mass is 9.67. The lowest BCUT2D eigenvalue weighted by Gasteiger charge is -2.42. The summed E-state index contributed by atoms with van der Waals surface area (Å²) in [5, 5.41) is 0. The summed E-state index contributed by atoms with van der Waals surface area (Å²) in [6, 6.07) is 0. The van der Waals surface area contributed by atoms with Crippen LogP contribution in [0.2, 0.25) is 0 Å². The zero-order chi connectivity index (χ0) is 11.3. The van der Waals surface area contributed by atoms with Gasteiger partial charge in [0.1, 0.15) is 0 Å². The molecule has 0 bridgehead atoms. The van der Waals surface area contributed by atoms with Gasteiger partial charge in [-0.3, -0.25) is 0 Å². The van der Waals surface area contributed by atoms with Gasteiger partial charge in [0.2, 0.25) is 0 Å². The van der Waals surface area contributed by atoms with E-state index in [0.29, 0.717) is 5.41 Å². The molecule has 1 fully saturated rings. The van der Waals surface area contributed by atoms with Crippen molar-refractivity contribution in [3.63, 3.8) is 0 Å².